The number of hydrogen-bond acceptors (Lipinski definition) is 3. The summed E-state index contributed by atoms with van der Waals surface area (Å²) < 4.78 is 5.86. The average Bonchev–Trinajstić information content (AvgIpc) is 2.92. The highest BCUT2D eigenvalue weighted by atomic mass is 16.5. The first-order valence-electron chi connectivity index (χ1n) is 13.4. The minimum absolute atomic E-state index is 0.0682. The van der Waals surface area contributed by atoms with Gasteiger partial charge in [-0.3, -0.25) is 4.90 Å². The molecule has 0 amide bonds. The molecule has 3 aromatic carbocycles. The van der Waals surface area contributed by atoms with E-state index < -0.39 is 0 Å². The van der Waals surface area contributed by atoms with Crippen LogP contribution in [0.3, 0.4) is 0 Å². The third-order valence-electron chi connectivity index (χ3n) is 8.89. The van der Waals surface area contributed by atoms with Crippen LogP contribution in [0.5, 0.6) is 5.75 Å². The van der Waals surface area contributed by atoms with Gasteiger partial charge in [-0.1, -0.05) is 80.6 Å². The molecule has 3 saturated heterocycles. The second-order valence-electron chi connectivity index (χ2n) is 10.7. The molecule has 3 atom stereocenters. The van der Waals surface area contributed by atoms with Gasteiger partial charge in [0.1, 0.15) is 5.75 Å². The van der Waals surface area contributed by atoms with E-state index in [0.717, 1.165) is 17.9 Å². The number of piperidine rings is 3. The number of rotatable bonds is 8. The largest absolute Gasteiger partial charge is 0.495 e. The highest BCUT2D eigenvalue weighted by Crippen LogP contribution is 2.51. The molecule has 0 saturated carbocycles. The van der Waals surface area contributed by atoms with Crippen molar-refractivity contribution in [2.24, 2.45) is 5.92 Å². The normalized spacial score (nSPS) is 26.5. The lowest BCUT2D eigenvalue weighted by Crippen LogP contribution is -2.70. The maximum Gasteiger partial charge on any atom is 0.141 e. The van der Waals surface area contributed by atoms with Crippen molar-refractivity contribution >= 4 is 5.69 Å². The Morgan fingerprint density at radius 3 is 2.06 bits per heavy atom. The van der Waals surface area contributed by atoms with Gasteiger partial charge in [0, 0.05) is 17.5 Å². The molecule has 3 aromatic rings. The van der Waals surface area contributed by atoms with Crippen LogP contribution in [0.1, 0.15) is 68.6 Å². The van der Waals surface area contributed by atoms with Gasteiger partial charge in [0.05, 0.1) is 12.8 Å². The van der Waals surface area contributed by atoms with Crippen molar-refractivity contribution in [1.82, 2.24) is 4.90 Å². The maximum atomic E-state index is 5.86. The van der Waals surface area contributed by atoms with Crippen LogP contribution < -0.4 is 10.1 Å². The van der Waals surface area contributed by atoms with E-state index in [4.69, 9.17) is 4.74 Å². The van der Waals surface area contributed by atoms with Gasteiger partial charge in [0.25, 0.3) is 0 Å². The van der Waals surface area contributed by atoms with Gasteiger partial charge in [-0.2, -0.15) is 0 Å². The van der Waals surface area contributed by atoms with Crippen molar-refractivity contribution in [3.63, 3.8) is 0 Å². The number of ether oxygens (including phenoxy) is 1. The van der Waals surface area contributed by atoms with Gasteiger partial charge in [-0.15, -0.1) is 0 Å². The molecule has 0 radical (unpaired) electrons. The number of methoxy groups -OCH3 is 1. The molecule has 3 fully saturated rings. The Hall–Kier alpha value is -2.78. The Kier molecular flexibility index (Phi) is 6.88. The first-order valence-corrected chi connectivity index (χ1v) is 13.4. The molecule has 3 heterocycles. The summed E-state index contributed by atoms with van der Waals surface area (Å²) >= 11 is 0. The van der Waals surface area contributed by atoms with E-state index in [1.165, 1.54) is 42.6 Å². The third-order valence-corrected chi connectivity index (χ3v) is 8.89. The fourth-order valence-electron chi connectivity index (χ4n) is 6.72. The highest BCUT2D eigenvalue weighted by Gasteiger charge is 2.55. The van der Waals surface area contributed by atoms with E-state index in [2.05, 4.69) is 110 Å². The Morgan fingerprint density at radius 1 is 0.914 bits per heavy atom. The molecule has 35 heavy (non-hydrogen) atoms. The summed E-state index contributed by atoms with van der Waals surface area (Å²) in [6.07, 6.45) is 3.63. The first-order chi connectivity index (χ1) is 17.1. The van der Waals surface area contributed by atoms with Crippen LogP contribution in [0.2, 0.25) is 0 Å². The molecule has 184 valence electrons. The number of benzene rings is 3. The maximum absolute atomic E-state index is 5.86. The SMILES string of the molecule is CCC(C)c1ccc(OC)c(NC2C3CCN(CC3)C2(C)C(c2ccccc2)c2ccccc2)c1. The molecule has 3 nitrogen and oxygen atoms in total. The van der Waals surface area contributed by atoms with Crippen LogP contribution in [0.15, 0.2) is 78.9 Å². The molecule has 0 spiro atoms. The van der Waals surface area contributed by atoms with Crippen molar-refractivity contribution < 1.29 is 4.74 Å². The van der Waals surface area contributed by atoms with Crippen molar-refractivity contribution in [1.29, 1.82) is 0 Å². The monoisotopic (exact) mass is 468 g/mol. The number of nitrogens with zero attached hydrogens (tertiary/aromatic N) is 1. The van der Waals surface area contributed by atoms with Crippen LogP contribution in [0.4, 0.5) is 5.69 Å². The summed E-state index contributed by atoms with van der Waals surface area (Å²) in [7, 11) is 1.79. The number of anilines is 1. The topological polar surface area (TPSA) is 24.5 Å². The summed E-state index contributed by atoms with van der Waals surface area (Å²) in [5.74, 6) is 2.37. The number of nitrogens with one attached hydrogen (secondary N) is 1. The predicted octanol–water partition coefficient (Wildman–Crippen LogP) is 7.31. The molecule has 0 aliphatic carbocycles. The van der Waals surface area contributed by atoms with E-state index in [9.17, 15) is 0 Å². The van der Waals surface area contributed by atoms with Crippen molar-refractivity contribution in [3.05, 3.63) is 95.6 Å². The summed E-state index contributed by atoms with van der Waals surface area (Å²) in [6, 6.07) is 29.3. The van der Waals surface area contributed by atoms with Gasteiger partial charge >= 0.3 is 0 Å². The minimum atomic E-state index is -0.0682. The lowest BCUT2D eigenvalue weighted by molar-refractivity contribution is -0.0401. The van der Waals surface area contributed by atoms with E-state index in [-0.39, 0.29) is 11.5 Å². The molecule has 3 aliphatic rings. The summed E-state index contributed by atoms with van der Waals surface area (Å²) in [5, 5.41) is 4.10. The summed E-state index contributed by atoms with van der Waals surface area (Å²) in [4.78, 5) is 2.76. The number of fused-ring (bicyclic) bond motifs is 3. The molecule has 3 aliphatic heterocycles. The molecule has 6 rings (SSSR count). The number of hydrogen-bond donors (Lipinski definition) is 1. The van der Waals surface area contributed by atoms with Crippen LogP contribution in [0.25, 0.3) is 0 Å². The minimum Gasteiger partial charge on any atom is -0.495 e. The Balaban J connectivity index is 1.62. The van der Waals surface area contributed by atoms with Gasteiger partial charge in [-0.25, -0.2) is 0 Å². The zero-order valence-corrected chi connectivity index (χ0v) is 21.7. The Labute approximate surface area is 211 Å². The molecular formula is C32H40N2O. The molecule has 3 heteroatoms. The molecule has 2 bridgehead atoms. The fourth-order valence-corrected chi connectivity index (χ4v) is 6.72. The van der Waals surface area contributed by atoms with Crippen LogP contribution in [0, 0.1) is 5.92 Å². The zero-order chi connectivity index (χ0) is 24.4. The van der Waals surface area contributed by atoms with Crippen LogP contribution in [-0.2, 0) is 0 Å². The predicted molar refractivity (Wildman–Crippen MR) is 147 cm³/mol. The highest BCUT2D eigenvalue weighted by molar-refractivity contribution is 5.60. The standard InChI is InChI=1S/C32H40N2O/c1-5-23(2)27-16-17-29(35-4)28(22-27)33-31-26-18-20-34(21-19-26)32(31,3)30(24-12-8-6-9-13-24)25-14-10-7-11-15-25/h6-17,22-23,26,30-31,33H,5,18-21H2,1-4H3. The van der Waals surface area contributed by atoms with Gasteiger partial charge < -0.3 is 10.1 Å². The molecule has 3 unspecified atom stereocenters. The second kappa shape index (κ2) is 10.1. The lowest BCUT2D eigenvalue weighted by atomic mass is 9.62. The van der Waals surface area contributed by atoms with Gasteiger partial charge in [0.2, 0.25) is 0 Å². The van der Waals surface area contributed by atoms with Crippen LogP contribution >= 0.6 is 0 Å². The van der Waals surface area contributed by atoms with Crippen molar-refractivity contribution in [2.75, 3.05) is 25.5 Å². The van der Waals surface area contributed by atoms with Crippen molar-refractivity contribution in [2.45, 2.75) is 63.5 Å². The molecule has 0 aromatic heterocycles. The second-order valence-corrected chi connectivity index (χ2v) is 10.7. The average molecular weight is 469 g/mol. The third kappa shape index (κ3) is 4.36. The Bertz CT molecular complexity index is 1070. The van der Waals surface area contributed by atoms with Crippen molar-refractivity contribution in [3.8, 4) is 5.75 Å². The summed E-state index contributed by atoms with van der Waals surface area (Å²) in [6.45, 7) is 9.41. The Morgan fingerprint density at radius 2 is 1.51 bits per heavy atom. The molecular weight excluding hydrogens is 428 g/mol. The quantitative estimate of drug-likeness (QED) is 0.375. The van der Waals surface area contributed by atoms with E-state index >= 15 is 0 Å². The first kappa shape index (κ1) is 23.9. The van der Waals surface area contributed by atoms with Gasteiger partial charge in [0.15, 0.2) is 0 Å². The van der Waals surface area contributed by atoms with Gasteiger partial charge in [-0.05, 0) is 79.9 Å². The summed E-state index contributed by atoms with van der Waals surface area (Å²) in [5.41, 5.74) is 5.22. The lowest BCUT2D eigenvalue weighted by Gasteiger charge is -2.61. The van der Waals surface area contributed by atoms with E-state index in [0.29, 0.717) is 17.9 Å². The van der Waals surface area contributed by atoms with E-state index in [1.54, 1.807) is 7.11 Å². The van der Waals surface area contributed by atoms with Crippen LogP contribution in [-0.4, -0.2) is 36.7 Å². The van der Waals surface area contributed by atoms with E-state index in [1.807, 2.05) is 0 Å². The fraction of sp³-hybridized carbons (Fsp3) is 0.438. The molecule has 1 N–H and O–H groups in total. The zero-order valence-electron chi connectivity index (χ0n) is 21.7. The smallest absolute Gasteiger partial charge is 0.141 e.